The number of piperidine rings is 1. The SMILES string of the molecule is CC.CC(C)c1ncc(CN2CCCC(F)C2)cc1C1CC1. The fraction of sp³-hybridized carbons (Fsp3) is 0.737. The van der Waals surface area contributed by atoms with Gasteiger partial charge in [-0.1, -0.05) is 33.8 Å². The molecule has 22 heavy (non-hydrogen) atoms. The Balaban J connectivity index is 0.000000847. The molecule has 0 amide bonds. The van der Waals surface area contributed by atoms with Crippen LogP contribution in [-0.4, -0.2) is 29.1 Å². The minimum absolute atomic E-state index is 0.491. The maximum atomic E-state index is 13.5. The molecule has 1 aromatic heterocycles. The maximum Gasteiger partial charge on any atom is 0.113 e. The molecule has 3 heteroatoms. The van der Waals surface area contributed by atoms with Crippen LogP contribution in [-0.2, 0) is 6.54 Å². The fourth-order valence-corrected chi connectivity index (χ4v) is 3.23. The number of halogens is 1. The summed E-state index contributed by atoms with van der Waals surface area (Å²) < 4.78 is 13.5. The highest BCUT2D eigenvalue weighted by atomic mass is 19.1. The van der Waals surface area contributed by atoms with Crippen LogP contribution in [0.1, 0.15) is 82.0 Å². The highest BCUT2D eigenvalue weighted by molar-refractivity contribution is 5.33. The van der Waals surface area contributed by atoms with Crippen LogP contribution in [0, 0.1) is 0 Å². The molecule has 124 valence electrons. The lowest BCUT2D eigenvalue weighted by Gasteiger charge is -2.29. The van der Waals surface area contributed by atoms with Gasteiger partial charge in [0.15, 0.2) is 0 Å². The lowest BCUT2D eigenvalue weighted by Crippen LogP contribution is -2.35. The van der Waals surface area contributed by atoms with Gasteiger partial charge >= 0.3 is 0 Å². The van der Waals surface area contributed by atoms with Gasteiger partial charge in [-0.25, -0.2) is 4.39 Å². The lowest BCUT2D eigenvalue weighted by atomic mass is 9.98. The molecule has 0 spiro atoms. The summed E-state index contributed by atoms with van der Waals surface area (Å²) in [7, 11) is 0. The molecule has 1 saturated heterocycles. The molecule has 0 bridgehead atoms. The van der Waals surface area contributed by atoms with E-state index in [1.807, 2.05) is 20.0 Å². The topological polar surface area (TPSA) is 16.1 Å². The van der Waals surface area contributed by atoms with Crippen molar-refractivity contribution < 1.29 is 4.39 Å². The van der Waals surface area contributed by atoms with Gasteiger partial charge in [0.25, 0.3) is 0 Å². The van der Waals surface area contributed by atoms with Crippen molar-refractivity contribution in [2.24, 2.45) is 0 Å². The standard InChI is InChI=1S/C17H25FN2.C2H6/c1-12(2)17-16(14-5-6-14)8-13(9-19-17)10-20-7-3-4-15(18)11-20;1-2/h8-9,12,14-15H,3-7,10-11H2,1-2H3;1-2H3. The van der Waals surface area contributed by atoms with Crippen LogP contribution in [0.4, 0.5) is 4.39 Å². The summed E-state index contributed by atoms with van der Waals surface area (Å²) >= 11 is 0. The highest BCUT2D eigenvalue weighted by Crippen LogP contribution is 2.43. The summed E-state index contributed by atoms with van der Waals surface area (Å²) in [4.78, 5) is 6.94. The Morgan fingerprint density at radius 3 is 2.59 bits per heavy atom. The molecule has 1 unspecified atom stereocenters. The molecule has 1 aliphatic heterocycles. The van der Waals surface area contributed by atoms with E-state index in [9.17, 15) is 4.39 Å². The normalized spacial score (nSPS) is 22.4. The zero-order valence-corrected chi connectivity index (χ0v) is 14.6. The van der Waals surface area contributed by atoms with Crippen molar-refractivity contribution in [1.82, 2.24) is 9.88 Å². The first-order chi connectivity index (χ1) is 10.6. The molecule has 2 fully saturated rings. The molecule has 0 N–H and O–H groups in total. The quantitative estimate of drug-likeness (QED) is 0.774. The molecule has 1 saturated carbocycles. The second-order valence-electron chi connectivity index (χ2n) is 6.72. The number of hydrogen-bond acceptors (Lipinski definition) is 2. The average Bonchev–Trinajstić information content (AvgIpc) is 3.33. The number of likely N-dealkylation sites (tertiary alicyclic amines) is 1. The number of pyridine rings is 1. The summed E-state index contributed by atoms with van der Waals surface area (Å²) in [5.74, 6) is 1.22. The van der Waals surface area contributed by atoms with Crippen LogP contribution in [0.25, 0.3) is 0 Å². The van der Waals surface area contributed by atoms with E-state index in [2.05, 4.69) is 24.8 Å². The second-order valence-corrected chi connectivity index (χ2v) is 6.72. The predicted octanol–water partition coefficient (Wildman–Crippen LogP) is 5.04. The van der Waals surface area contributed by atoms with Crippen molar-refractivity contribution in [3.8, 4) is 0 Å². The molecular weight excluding hydrogens is 275 g/mol. The third-order valence-corrected chi connectivity index (χ3v) is 4.42. The molecule has 3 rings (SSSR count). The van der Waals surface area contributed by atoms with Gasteiger partial charge in [0.2, 0.25) is 0 Å². The van der Waals surface area contributed by atoms with Crippen molar-refractivity contribution in [1.29, 1.82) is 0 Å². The molecule has 2 heterocycles. The van der Waals surface area contributed by atoms with E-state index in [1.165, 1.54) is 29.7 Å². The summed E-state index contributed by atoms with van der Waals surface area (Å²) in [5.41, 5.74) is 3.97. The third-order valence-electron chi connectivity index (χ3n) is 4.42. The van der Waals surface area contributed by atoms with Gasteiger partial charge in [0, 0.05) is 25.0 Å². The van der Waals surface area contributed by atoms with Crippen LogP contribution < -0.4 is 0 Å². The summed E-state index contributed by atoms with van der Waals surface area (Å²) in [6, 6.07) is 2.34. The summed E-state index contributed by atoms with van der Waals surface area (Å²) in [6.07, 6.45) is 5.68. The van der Waals surface area contributed by atoms with Crippen LogP contribution in [0.5, 0.6) is 0 Å². The van der Waals surface area contributed by atoms with Crippen molar-refractivity contribution in [2.75, 3.05) is 13.1 Å². The molecule has 2 aliphatic rings. The van der Waals surface area contributed by atoms with Crippen molar-refractivity contribution in [3.63, 3.8) is 0 Å². The van der Waals surface area contributed by atoms with Crippen molar-refractivity contribution in [2.45, 2.75) is 77.9 Å². The average molecular weight is 306 g/mol. The largest absolute Gasteiger partial charge is 0.296 e. The van der Waals surface area contributed by atoms with Gasteiger partial charge in [-0.3, -0.25) is 9.88 Å². The molecule has 1 aromatic rings. The van der Waals surface area contributed by atoms with Crippen molar-refractivity contribution >= 4 is 0 Å². The van der Waals surface area contributed by atoms with E-state index in [1.54, 1.807) is 0 Å². The van der Waals surface area contributed by atoms with Gasteiger partial charge in [0.1, 0.15) is 6.17 Å². The summed E-state index contributed by atoms with van der Waals surface area (Å²) in [6.45, 7) is 10.9. The van der Waals surface area contributed by atoms with Gasteiger partial charge in [0.05, 0.1) is 0 Å². The second kappa shape index (κ2) is 8.05. The molecule has 1 aliphatic carbocycles. The Morgan fingerprint density at radius 2 is 2.00 bits per heavy atom. The fourth-order valence-electron chi connectivity index (χ4n) is 3.23. The van der Waals surface area contributed by atoms with Gasteiger partial charge in [-0.15, -0.1) is 0 Å². The number of aromatic nitrogens is 1. The number of nitrogens with zero attached hydrogens (tertiary/aromatic N) is 2. The predicted molar refractivity (Wildman–Crippen MR) is 91.1 cm³/mol. The molecule has 1 atom stereocenters. The maximum absolute atomic E-state index is 13.5. The van der Waals surface area contributed by atoms with Crippen LogP contribution in [0.3, 0.4) is 0 Å². The van der Waals surface area contributed by atoms with E-state index in [-0.39, 0.29) is 0 Å². The lowest BCUT2D eigenvalue weighted by molar-refractivity contribution is 0.133. The molecule has 2 nitrogen and oxygen atoms in total. The first-order valence-electron chi connectivity index (χ1n) is 8.98. The first-order valence-corrected chi connectivity index (χ1v) is 8.98. The molecule has 0 radical (unpaired) electrons. The Labute approximate surface area is 135 Å². The van der Waals surface area contributed by atoms with Gasteiger partial charge in [-0.05, 0) is 55.2 Å². The minimum atomic E-state index is -0.644. The summed E-state index contributed by atoms with van der Waals surface area (Å²) in [5, 5.41) is 0. The Morgan fingerprint density at radius 1 is 1.27 bits per heavy atom. The zero-order valence-electron chi connectivity index (χ0n) is 14.6. The minimum Gasteiger partial charge on any atom is -0.296 e. The number of alkyl halides is 1. The zero-order chi connectivity index (χ0) is 16.1. The number of rotatable bonds is 4. The Hall–Kier alpha value is -0.960. The van der Waals surface area contributed by atoms with Crippen LogP contribution >= 0.6 is 0 Å². The number of hydrogen-bond donors (Lipinski definition) is 0. The van der Waals surface area contributed by atoms with Crippen molar-refractivity contribution in [3.05, 3.63) is 29.1 Å². The van der Waals surface area contributed by atoms with Crippen LogP contribution in [0.15, 0.2) is 12.3 Å². The van der Waals surface area contributed by atoms with Crippen LogP contribution in [0.2, 0.25) is 0 Å². The third kappa shape index (κ3) is 4.52. The molecule has 0 aromatic carbocycles. The van der Waals surface area contributed by atoms with E-state index in [0.29, 0.717) is 12.5 Å². The van der Waals surface area contributed by atoms with E-state index in [0.717, 1.165) is 31.8 Å². The van der Waals surface area contributed by atoms with E-state index >= 15 is 0 Å². The molecular formula is C19H31FN2. The highest BCUT2D eigenvalue weighted by Gasteiger charge is 2.28. The van der Waals surface area contributed by atoms with E-state index < -0.39 is 6.17 Å². The Kier molecular flexibility index (Phi) is 6.37. The monoisotopic (exact) mass is 306 g/mol. The van der Waals surface area contributed by atoms with Gasteiger partial charge < -0.3 is 0 Å². The Bertz CT molecular complexity index is 469. The first kappa shape index (κ1) is 17.4. The van der Waals surface area contributed by atoms with E-state index in [4.69, 9.17) is 4.98 Å². The van der Waals surface area contributed by atoms with Gasteiger partial charge in [-0.2, -0.15) is 0 Å². The smallest absolute Gasteiger partial charge is 0.113 e.